The lowest BCUT2D eigenvalue weighted by Gasteiger charge is -2.31. The average Bonchev–Trinajstić information content (AvgIpc) is 3.72. The SMILES string of the molecule is CC12Cc3c(n(-c4cc(-c5ccccc5)cc(-c5ccccc5)c4)c4ccccc34)C=C1Sc1cc3c(cc12)[nH]c1ccccc13. The van der Waals surface area contributed by atoms with Gasteiger partial charge in [0, 0.05) is 48.1 Å². The molecule has 0 spiro atoms. The van der Waals surface area contributed by atoms with Crippen LogP contribution in [0, 0.1) is 0 Å². The summed E-state index contributed by atoms with van der Waals surface area (Å²) in [6, 6.07) is 51.1. The molecular weight excluding hydrogens is 577 g/mol. The molecule has 46 heavy (non-hydrogen) atoms. The van der Waals surface area contributed by atoms with Gasteiger partial charge in [-0.05, 0) is 88.3 Å². The van der Waals surface area contributed by atoms with Gasteiger partial charge in [-0.3, -0.25) is 0 Å². The van der Waals surface area contributed by atoms with Gasteiger partial charge in [0.1, 0.15) is 0 Å². The highest BCUT2D eigenvalue weighted by molar-refractivity contribution is 8.03. The third kappa shape index (κ3) is 3.73. The number of H-pyrrole nitrogens is 1. The first kappa shape index (κ1) is 26.0. The number of allylic oxidation sites excluding steroid dienone is 1. The maximum Gasteiger partial charge on any atom is 0.0537 e. The fourth-order valence-electron chi connectivity index (χ4n) is 7.88. The number of nitrogens with zero attached hydrogens (tertiary/aromatic N) is 1. The molecule has 0 saturated heterocycles. The van der Waals surface area contributed by atoms with Crippen LogP contribution in [0.4, 0.5) is 0 Å². The van der Waals surface area contributed by atoms with Crippen molar-refractivity contribution >= 4 is 50.5 Å². The van der Waals surface area contributed by atoms with E-state index >= 15 is 0 Å². The molecule has 1 aliphatic heterocycles. The highest BCUT2D eigenvalue weighted by atomic mass is 32.2. The summed E-state index contributed by atoms with van der Waals surface area (Å²) in [5, 5.41) is 3.94. The number of para-hydroxylation sites is 2. The third-order valence-electron chi connectivity index (χ3n) is 10.2. The van der Waals surface area contributed by atoms with Gasteiger partial charge < -0.3 is 9.55 Å². The zero-order valence-corrected chi connectivity index (χ0v) is 26.2. The van der Waals surface area contributed by atoms with Gasteiger partial charge in [0.25, 0.3) is 0 Å². The molecule has 1 atom stereocenters. The number of nitrogens with one attached hydrogen (secondary N) is 1. The van der Waals surface area contributed by atoms with Crippen molar-refractivity contribution in [3.63, 3.8) is 0 Å². The number of benzene rings is 6. The Hall–Kier alpha value is -5.25. The highest BCUT2D eigenvalue weighted by Crippen LogP contribution is 2.59. The minimum atomic E-state index is -0.0749. The maximum atomic E-state index is 3.70. The molecule has 0 saturated carbocycles. The lowest BCUT2D eigenvalue weighted by molar-refractivity contribution is 0.578. The Labute approximate surface area is 272 Å². The Morgan fingerprint density at radius 2 is 1.26 bits per heavy atom. The second kappa shape index (κ2) is 9.62. The van der Waals surface area contributed by atoms with Crippen LogP contribution in [-0.2, 0) is 11.8 Å². The smallest absolute Gasteiger partial charge is 0.0537 e. The summed E-state index contributed by atoms with van der Waals surface area (Å²) in [6.07, 6.45) is 3.46. The van der Waals surface area contributed by atoms with Crippen LogP contribution in [0.25, 0.3) is 66.7 Å². The van der Waals surface area contributed by atoms with Gasteiger partial charge in [-0.2, -0.15) is 0 Å². The van der Waals surface area contributed by atoms with Gasteiger partial charge in [0.2, 0.25) is 0 Å². The fraction of sp³-hybridized carbons (Fsp3) is 0.0698. The first-order chi connectivity index (χ1) is 22.6. The third-order valence-corrected chi connectivity index (χ3v) is 11.5. The summed E-state index contributed by atoms with van der Waals surface area (Å²) >= 11 is 1.96. The van der Waals surface area contributed by atoms with Gasteiger partial charge in [-0.25, -0.2) is 0 Å². The summed E-state index contributed by atoms with van der Waals surface area (Å²) in [7, 11) is 0. The van der Waals surface area contributed by atoms with E-state index in [0.29, 0.717) is 0 Å². The molecule has 3 heteroatoms. The molecule has 6 aromatic carbocycles. The van der Waals surface area contributed by atoms with Gasteiger partial charge in [-0.1, -0.05) is 116 Å². The van der Waals surface area contributed by atoms with Crippen LogP contribution in [0.5, 0.6) is 0 Å². The van der Waals surface area contributed by atoms with Crippen molar-refractivity contribution in [1.29, 1.82) is 0 Å². The zero-order chi connectivity index (χ0) is 30.4. The van der Waals surface area contributed by atoms with Crippen LogP contribution in [0.2, 0.25) is 0 Å². The summed E-state index contributed by atoms with van der Waals surface area (Å²) in [5.74, 6) is 0. The predicted molar refractivity (Wildman–Crippen MR) is 195 cm³/mol. The van der Waals surface area contributed by atoms with Gasteiger partial charge >= 0.3 is 0 Å². The molecule has 0 radical (unpaired) electrons. The van der Waals surface area contributed by atoms with E-state index in [9.17, 15) is 0 Å². The van der Waals surface area contributed by atoms with E-state index in [2.05, 4.69) is 162 Å². The Morgan fingerprint density at radius 3 is 2.00 bits per heavy atom. The van der Waals surface area contributed by atoms with Crippen molar-refractivity contribution in [3.05, 3.63) is 161 Å². The number of rotatable bonds is 3. The minimum absolute atomic E-state index is 0.0749. The molecule has 2 nitrogen and oxygen atoms in total. The number of aromatic nitrogens is 2. The van der Waals surface area contributed by atoms with Crippen LogP contribution in [0.15, 0.2) is 149 Å². The first-order valence-electron chi connectivity index (χ1n) is 16.0. The van der Waals surface area contributed by atoms with Crippen LogP contribution in [-0.4, -0.2) is 9.55 Å². The van der Waals surface area contributed by atoms with Crippen LogP contribution < -0.4 is 0 Å². The number of hydrogen-bond donors (Lipinski definition) is 1. The summed E-state index contributed by atoms with van der Waals surface area (Å²) < 4.78 is 2.51. The molecule has 0 amide bonds. The van der Waals surface area contributed by atoms with Crippen molar-refractivity contribution in [3.8, 4) is 27.9 Å². The molecular formula is C43H30N2S. The largest absolute Gasteiger partial charge is 0.355 e. The summed E-state index contributed by atoms with van der Waals surface area (Å²) in [4.78, 5) is 6.51. The van der Waals surface area contributed by atoms with Crippen LogP contribution >= 0.6 is 11.8 Å². The van der Waals surface area contributed by atoms with E-state index in [0.717, 1.165) is 6.42 Å². The predicted octanol–water partition coefficient (Wildman–Crippen LogP) is 11.6. The van der Waals surface area contributed by atoms with E-state index in [4.69, 9.17) is 0 Å². The minimum Gasteiger partial charge on any atom is -0.355 e. The molecule has 2 aliphatic rings. The van der Waals surface area contributed by atoms with Gasteiger partial charge in [0.15, 0.2) is 0 Å². The first-order valence-corrected chi connectivity index (χ1v) is 16.8. The Balaban J connectivity index is 1.19. The molecule has 3 heterocycles. The molecule has 1 N–H and O–H groups in total. The fourth-order valence-corrected chi connectivity index (χ4v) is 9.27. The standard InChI is InChI=1S/C43H30N2S/c1-43-26-35-33-17-9-11-19-39(33)45(31-21-29(27-12-4-2-5-13-27)20-30(22-31)28-14-6-3-7-15-28)40(35)25-42(43)46-41-23-34-32-16-8-10-18-37(32)44-38(34)24-36(41)43/h2-25,44H,26H2,1H3. The van der Waals surface area contributed by atoms with Crippen LogP contribution in [0.3, 0.4) is 0 Å². The quantitative estimate of drug-likeness (QED) is 0.212. The molecule has 1 aliphatic carbocycles. The summed E-state index contributed by atoms with van der Waals surface area (Å²) in [6.45, 7) is 2.45. The van der Waals surface area contributed by atoms with E-state index in [1.54, 1.807) is 0 Å². The normalized spacial score (nSPS) is 16.8. The maximum absolute atomic E-state index is 3.70. The van der Waals surface area contributed by atoms with E-state index in [1.165, 1.54) is 87.3 Å². The molecule has 2 aromatic heterocycles. The molecule has 8 aromatic rings. The van der Waals surface area contributed by atoms with Crippen LogP contribution in [0.1, 0.15) is 23.7 Å². The van der Waals surface area contributed by atoms with E-state index < -0.39 is 0 Å². The topological polar surface area (TPSA) is 20.7 Å². The lowest BCUT2D eigenvalue weighted by Crippen LogP contribution is -2.26. The molecule has 10 rings (SSSR count). The van der Waals surface area contributed by atoms with E-state index in [-0.39, 0.29) is 5.41 Å². The van der Waals surface area contributed by atoms with Gasteiger partial charge in [-0.15, -0.1) is 0 Å². The number of fused-ring (bicyclic) bond motifs is 9. The molecule has 1 unspecified atom stereocenters. The zero-order valence-electron chi connectivity index (χ0n) is 25.4. The average molecular weight is 607 g/mol. The van der Waals surface area contributed by atoms with Crippen molar-refractivity contribution in [1.82, 2.24) is 9.55 Å². The van der Waals surface area contributed by atoms with Gasteiger partial charge in [0.05, 0.1) is 11.2 Å². The number of hydrogen-bond acceptors (Lipinski definition) is 1. The number of aromatic amines is 1. The highest BCUT2D eigenvalue weighted by Gasteiger charge is 2.44. The van der Waals surface area contributed by atoms with E-state index in [1.807, 2.05) is 11.8 Å². The molecule has 218 valence electrons. The van der Waals surface area contributed by atoms with Crippen molar-refractivity contribution in [2.24, 2.45) is 0 Å². The molecule has 0 fully saturated rings. The second-order valence-electron chi connectivity index (χ2n) is 12.9. The Kier molecular flexibility index (Phi) is 5.44. The second-order valence-corrected chi connectivity index (χ2v) is 14.0. The Morgan fingerprint density at radius 1 is 0.609 bits per heavy atom. The number of thioether (sulfide) groups is 1. The summed E-state index contributed by atoms with van der Waals surface area (Å²) in [5.41, 5.74) is 13.9. The lowest BCUT2D eigenvalue weighted by atomic mass is 9.73. The van der Waals surface area contributed by atoms with Crippen molar-refractivity contribution in [2.75, 3.05) is 0 Å². The Bertz CT molecular complexity index is 2480. The van der Waals surface area contributed by atoms with Crippen molar-refractivity contribution in [2.45, 2.75) is 23.7 Å². The van der Waals surface area contributed by atoms with Crippen molar-refractivity contribution < 1.29 is 0 Å². The molecule has 0 bridgehead atoms. The monoisotopic (exact) mass is 606 g/mol.